The molecule has 2 saturated heterocycles. The lowest BCUT2D eigenvalue weighted by Gasteiger charge is -2.46. The molecule has 0 radical (unpaired) electrons. The predicted molar refractivity (Wildman–Crippen MR) is 137 cm³/mol. The van der Waals surface area contributed by atoms with Gasteiger partial charge in [0.1, 0.15) is 18.3 Å². The number of hydrogen-bond acceptors (Lipinski definition) is 9. The van der Waals surface area contributed by atoms with Crippen molar-refractivity contribution in [3.05, 3.63) is 58.0 Å². The second kappa shape index (κ2) is 10.1. The van der Waals surface area contributed by atoms with Crippen molar-refractivity contribution in [1.82, 2.24) is 14.8 Å². The molecule has 0 spiro atoms. The highest BCUT2D eigenvalue weighted by Gasteiger charge is 2.40. The fourth-order valence-corrected chi connectivity index (χ4v) is 6.23. The number of ether oxygens (including phenoxy) is 2. The third-order valence-corrected chi connectivity index (χ3v) is 8.25. The number of carbonyl (C=O) groups is 2. The van der Waals surface area contributed by atoms with Crippen LogP contribution in [0.1, 0.15) is 58.1 Å². The fourth-order valence-electron chi connectivity index (χ4n) is 6.23. The van der Waals surface area contributed by atoms with E-state index in [9.17, 15) is 9.59 Å². The van der Waals surface area contributed by atoms with Crippen LogP contribution in [-0.2, 0) is 27.1 Å². The number of halogens is 1. The lowest BCUT2D eigenvalue weighted by molar-refractivity contribution is -0.141. The summed E-state index contributed by atoms with van der Waals surface area (Å²) in [6.45, 7) is 4.45. The molecule has 204 valence electrons. The molecule has 1 aromatic carbocycles. The first-order chi connectivity index (χ1) is 18.9. The van der Waals surface area contributed by atoms with Gasteiger partial charge in [0.15, 0.2) is 5.82 Å². The van der Waals surface area contributed by atoms with Crippen molar-refractivity contribution in [3.8, 4) is 0 Å². The quantitative estimate of drug-likeness (QED) is 0.198. The van der Waals surface area contributed by atoms with E-state index >= 15 is 4.39 Å². The molecule has 3 aliphatic heterocycles. The summed E-state index contributed by atoms with van der Waals surface area (Å²) in [6.07, 6.45) is 1.78. The highest BCUT2D eigenvalue weighted by atomic mass is 19.1. The highest BCUT2D eigenvalue weighted by molar-refractivity contribution is 5.92. The summed E-state index contributed by atoms with van der Waals surface area (Å²) in [7, 11) is 0. The number of amides is 1. The molecule has 2 fully saturated rings. The van der Waals surface area contributed by atoms with Crippen molar-refractivity contribution in [2.75, 3.05) is 37.8 Å². The molecule has 4 aliphatic rings. The number of nitrogens with zero attached hydrogens (tertiary/aromatic N) is 5. The van der Waals surface area contributed by atoms with Crippen LogP contribution in [0.25, 0.3) is 0 Å². The molecule has 4 atom stereocenters. The zero-order valence-corrected chi connectivity index (χ0v) is 21.6. The van der Waals surface area contributed by atoms with Gasteiger partial charge in [-0.05, 0) is 37.5 Å². The topological polar surface area (TPSA) is 135 Å². The molecule has 0 saturated carbocycles. The number of nitrogens with one attached hydrogen (secondary N) is 2. The third-order valence-electron chi connectivity index (χ3n) is 8.25. The van der Waals surface area contributed by atoms with E-state index < -0.39 is 12.1 Å². The number of aromatic nitrogens is 1. The number of esters is 1. The molecule has 0 bridgehead atoms. The predicted octanol–water partition coefficient (Wildman–Crippen LogP) is 3.00. The molecule has 4 heterocycles. The zero-order valence-electron chi connectivity index (χ0n) is 21.6. The standard InChI is InChI=1S/C27H30FN7O4/c1-15-10-21-19(27(37)39-15)2-3-20(25(21)28)23-12-33-8-9-34(11-16(33)13-38-23)26(36)18-4-6-22-17(18)5-7-24(31-22)35(14-29)32-30/h2-3,5,7,14-16,18,23,29-30H,4,6,8-13H2,1H3/t15-,16+,18?,23+/m0/s1. The Bertz CT molecular complexity index is 1350. The van der Waals surface area contributed by atoms with E-state index in [0.717, 1.165) is 22.6 Å². The van der Waals surface area contributed by atoms with Crippen molar-refractivity contribution < 1.29 is 23.5 Å². The summed E-state index contributed by atoms with van der Waals surface area (Å²) in [5, 5.41) is 11.7. The van der Waals surface area contributed by atoms with Crippen LogP contribution in [0.5, 0.6) is 0 Å². The van der Waals surface area contributed by atoms with Gasteiger partial charge < -0.3 is 14.4 Å². The van der Waals surface area contributed by atoms with Crippen molar-refractivity contribution in [2.24, 2.45) is 5.22 Å². The van der Waals surface area contributed by atoms with E-state index in [2.05, 4.69) is 15.1 Å². The monoisotopic (exact) mass is 535 g/mol. The van der Waals surface area contributed by atoms with E-state index in [1.165, 1.54) is 0 Å². The van der Waals surface area contributed by atoms with Crippen LogP contribution in [-0.4, -0.2) is 77.9 Å². The molecular formula is C27H30FN7O4. The second-order valence-corrected chi connectivity index (χ2v) is 10.5. The molecule has 1 aromatic heterocycles. The van der Waals surface area contributed by atoms with Gasteiger partial charge in [0.05, 0.1) is 30.2 Å². The summed E-state index contributed by atoms with van der Waals surface area (Å²) in [4.78, 5) is 34.4. The minimum Gasteiger partial charge on any atom is -0.459 e. The first-order valence-electron chi connectivity index (χ1n) is 13.2. The SMILES string of the molecule is C[C@H]1Cc2c(ccc([C@H]3CN4CCN(C(=O)C5CCc6nc(N(C=N)N=N)ccc65)C[C@@H]4CO3)c2F)C(=O)O1. The highest BCUT2D eigenvalue weighted by Crippen LogP contribution is 2.37. The summed E-state index contributed by atoms with van der Waals surface area (Å²) in [5.74, 6) is -0.687. The van der Waals surface area contributed by atoms with Crippen LogP contribution in [0, 0.1) is 16.8 Å². The number of piperazine rings is 1. The average Bonchev–Trinajstić information content (AvgIpc) is 3.37. The first-order valence-corrected chi connectivity index (χ1v) is 13.2. The van der Waals surface area contributed by atoms with Crippen LogP contribution >= 0.6 is 0 Å². The Morgan fingerprint density at radius 1 is 1.23 bits per heavy atom. The number of morpholine rings is 1. The second-order valence-electron chi connectivity index (χ2n) is 10.5. The maximum Gasteiger partial charge on any atom is 0.338 e. The van der Waals surface area contributed by atoms with Crippen LogP contribution in [0.4, 0.5) is 10.2 Å². The molecule has 6 rings (SSSR count). The average molecular weight is 536 g/mol. The van der Waals surface area contributed by atoms with E-state index in [1.54, 1.807) is 25.1 Å². The lowest BCUT2D eigenvalue weighted by Crippen LogP contribution is -2.60. The van der Waals surface area contributed by atoms with Gasteiger partial charge >= 0.3 is 5.97 Å². The summed E-state index contributed by atoms with van der Waals surface area (Å²) in [5.41, 5.74) is 10.0. The smallest absolute Gasteiger partial charge is 0.338 e. The van der Waals surface area contributed by atoms with Crippen molar-refractivity contribution in [1.29, 1.82) is 10.9 Å². The number of cyclic esters (lactones) is 1. The van der Waals surface area contributed by atoms with E-state index in [1.807, 2.05) is 11.0 Å². The zero-order chi connectivity index (χ0) is 27.3. The first kappa shape index (κ1) is 25.5. The molecule has 2 aromatic rings. The van der Waals surface area contributed by atoms with Crippen molar-refractivity contribution in [3.63, 3.8) is 0 Å². The maximum atomic E-state index is 15.5. The Labute approximate surface area is 224 Å². The minimum absolute atomic E-state index is 0.0239. The van der Waals surface area contributed by atoms with Gasteiger partial charge in [-0.15, -0.1) is 0 Å². The van der Waals surface area contributed by atoms with E-state index in [0.29, 0.717) is 69.0 Å². The van der Waals surface area contributed by atoms with E-state index in [-0.39, 0.29) is 35.4 Å². The summed E-state index contributed by atoms with van der Waals surface area (Å²) < 4.78 is 26.9. The molecule has 2 N–H and O–H groups in total. The number of rotatable bonds is 5. The molecule has 1 unspecified atom stereocenters. The fraction of sp³-hybridized carbons (Fsp3) is 0.481. The summed E-state index contributed by atoms with van der Waals surface area (Å²) >= 11 is 0. The summed E-state index contributed by atoms with van der Waals surface area (Å²) in [6, 6.07) is 6.83. The number of carbonyl (C=O) groups excluding carboxylic acids is 2. The number of pyridine rings is 1. The number of anilines is 1. The van der Waals surface area contributed by atoms with E-state index in [4.69, 9.17) is 20.4 Å². The van der Waals surface area contributed by atoms with Gasteiger partial charge in [-0.25, -0.2) is 14.2 Å². The normalized spacial score (nSPS) is 26.2. The number of fused-ring (bicyclic) bond motifs is 3. The van der Waals surface area contributed by atoms with Crippen LogP contribution in [0.2, 0.25) is 0 Å². The Hall–Kier alpha value is -3.77. The maximum absolute atomic E-state index is 15.5. The Morgan fingerprint density at radius 2 is 2.05 bits per heavy atom. The van der Waals surface area contributed by atoms with Crippen LogP contribution in [0.15, 0.2) is 29.5 Å². The van der Waals surface area contributed by atoms with Crippen LogP contribution in [0.3, 0.4) is 0 Å². The van der Waals surface area contributed by atoms with Gasteiger partial charge in [-0.1, -0.05) is 17.4 Å². The van der Waals surface area contributed by atoms with Gasteiger partial charge in [0.25, 0.3) is 0 Å². The third kappa shape index (κ3) is 4.47. The van der Waals surface area contributed by atoms with Gasteiger partial charge in [-0.3, -0.25) is 15.1 Å². The Balaban J connectivity index is 1.12. The molecule has 1 aliphatic carbocycles. The molecule has 1 amide bonds. The lowest BCUT2D eigenvalue weighted by atomic mass is 9.93. The Kier molecular flexibility index (Phi) is 6.59. The molecule has 11 nitrogen and oxygen atoms in total. The minimum atomic E-state index is -0.488. The number of aryl methyl sites for hydroxylation is 1. The molecular weight excluding hydrogens is 505 g/mol. The Morgan fingerprint density at radius 3 is 2.85 bits per heavy atom. The number of hydrogen-bond donors (Lipinski definition) is 2. The van der Waals surface area contributed by atoms with Gasteiger partial charge in [0, 0.05) is 49.4 Å². The molecule has 39 heavy (non-hydrogen) atoms. The van der Waals surface area contributed by atoms with Crippen LogP contribution < -0.4 is 5.01 Å². The van der Waals surface area contributed by atoms with Crippen molar-refractivity contribution >= 4 is 24.0 Å². The van der Waals surface area contributed by atoms with Crippen molar-refractivity contribution in [2.45, 2.75) is 50.4 Å². The van der Waals surface area contributed by atoms with Gasteiger partial charge in [0.2, 0.25) is 5.91 Å². The largest absolute Gasteiger partial charge is 0.459 e. The molecule has 12 heteroatoms. The number of benzene rings is 1. The van der Waals surface area contributed by atoms with Gasteiger partial charge in [-0.2, -0.15) is 10.5 Å².